The normalized spacial score (nSPS) is 14.0. The van der Waals surface area contributed by atoms with Crippen LogP contribution < -0.4 is 9.47 Å². The minimum atomic E-state index is -1.01. The molecule has 7 nitrogen and oxygen atoms in total. The Morgan fingerprint density at radius 2 is 1.74 bits per heavy atom. The van der Waals surface area contributed by atoms with Crippen molar-refractivity contribution in [2.75, 3.05) is 19.7 Å². The van der Waals surface area contributed by atoms with Gasteiger partial charge < -0.3 is 19.1 Å². The minimum Gasteiger partial charge on any atom is -0.488 e. The summed E-state index contributed by atoms with van der Waals surface area (Å²) in [6, 6.07) is 18.3. The van der Waals surface area contributed by atoms with E-state index in [1.807, 2.05) is 18.2 Å². The summed E-state index contributed by atoms with van der Waals surface area (Å²) < 4.78 is 27.9. The van der Waals surface area contributed by atoms with Crippen molar-refractivity contribution < 1.29 is 23.8 Å². The second kappa shape index (κ2) is 12.3. The Morgan fingerprint density at radius 1 is 0.974 bits per heavy atom. The molecular formula is C31H34FN3O4. The maximum atomic E-state index is 14.1. The van der Waals surface area contributed by atoms with Crippen LogP contribution in [0.3, 0.4) is 0 Å². The summed E-state index contributed by atoms with van der Waals surface area (Å²) in [4.78, 5) is 18.0. The third-order valence-electron chi connectivity index (χ3n) is 7.16. The van der Waals surface area contributed by atoms with Crippen molar-refractivity contribution in [1.82, 2.24) is 14.5 Å². The van der Waals surface area contributed by atoms with Crippen LogP contribution in [0.5, 0.6) is 11.5 Å². The van der Waals surface area contributed by atoms with Crippen molar-refractivity contribution in [2.45, 2.75) is 52.3 Å². The van der Waals surface area contributed by atoms with Crippen LogP contribution in [0.15, 0.2) is 60.7 Å². The number of para-hydroxylation sites is 1. The molecule has 1 fully saturated rings. The maximum Gasteiger partial charge on any atom is 0.341 e. The van der Waals surface area contributed by atoms with Crippen molar-refractivity contribution >= 4 is 17.0 Å². The number of aryl methyl sites for hydroxylation is 1. The van der Waals surface area contributed by atoms with E-state index in [-0.39, 0.29) is 12.4 Å². The predicted molar refractivity (Wildman–Crippen MR) is 148 cm³/mol. The summed E-state index contributed by atoms with van der Waals surface area (Å²) in [6.45, 7) is 5.50. The number of fused-ring (bicyclic) bond motifs is 1. The Hall–Kier alpha value is -3.91. The second-order valence-corrected chi connectivity index (χ2v) is 9.96. The number of benzene rings is 3. The lowest BCUT2D eigenvalue weighted by molar-refractivity contribution is -0.139. The van der Waals surface area contributed by atoms with Gasteiger partial charge in [-0.3, -0.25) is 4.90 Å². The van der Waals surface area contributed by atoms with Crippen molar-refractivity contribution in [3.05, 3.63) is 89.0 Å². The molecule has 1 saturated heterocycles. The van der Waals surface area contributed by atoms with E-state index < -0.39 is 5.97 Å². The largest absolute Gasteiger partial charge is 0.488 e. The summed E-state index contributed by atoms with van der Waals surface area (Å²) in [7, 11) is 0. The number of aliphatic carboxylic acids is 1. The zero-order chi connectivity index (χ0) is 27.2. The number of halogens is 1. The van der Waals surface area contributed by atoms with Crippen molar-refractivity contribution in [3.63, 3.8) is 0 Å². The van der Waals surface area contributed by atoms with E-state index in [1.165, 1.54) is 31.4 Å². The number of carboxylic acids is 1. The molecule has 5 rings (SSSR count). The highest BCUT2D eigenvalue weighted by Gasteiger charge is 2.19. The first-order valence-electron chi connectivity index (χ1n) is 13.5. The number of carbonyl (C=O) groups is 1. The molecule has 0 unspecified atom stereocenters. The van der Waals surface area contributed by atoms with Crippen LogP contribution in [0.25, 0.3) is 11.0 Å². The first-order chi connectivity index (χ1) is 19.0. The zero-order valence-corrected chi connectivity index (χ0v) is 22.2. The number of aromatic nitrogens is 2. The fraction of sp³-hybridized carbons (Fsp3) is 0.355. The van der Waals surface area contributed by atoms with E-state index in [9.17, 15) is 9.18 Å². The Morgan fingerprint density at radius 3 is 2.49 bits per heavy atom. The van der Waals surface area contributed by atoms with Gasteiger partial charge in [-0.2, -0.15) is 0 Å². The van der Waals surface area contributed by atoms with Gasteiger partial charge in [0.1, 0.15) is 29.7 Å². The standard InChI is InChI=1S/C31H34FN3O4/c1-2-23-7-6-8-24(31(23)39-20-22-9-12-26(13-10-22)38-21-30(36)37)18-35-28-14-11-25(32)17-27(28)33-29(35)19-34-15-4-3-5-16-34/h6-14,17H,2-5,15-16,18-21H2,1H3,(H,36,37). The van der Waals surface area contributed by atoms with Gasteiger partial charge in [0.15, 0.2) is 6.61 Å². The van der Waals surface area contributed by atoms with Gasteiger partial charge >= 0.3 is 5.97 Å². The lowest BCUT2D eigenvalue weighted by Crippen LogP contribution is -2.30. The van der Waals surface area contributed by atoms with Crippen molar-refractivity contribution in [3.8, 4) is 11.5 Å². The summed E-state index contributed by atoms with van der Waals surface area (Å²) in [5.41, 5.74) is 4.68. The molecule has 0 spiro atoms. The number of hydrogen-bond acceptors (Lipinski definition) is 5. The summed E-state index contributed by atoms with van der Waals surface area (Å²) >= 11 is 0. The third kappa shape index (κ3) is 6.57. The van der Waals surface area contributed by atoms with Gasteiger partial charge in [0.25, 0.3) is 0 Å². The van der Waals surface area contributed by atoms with Crippen LogP contribution in [-0.2, 0) is 30.9 Å². The van der Waals surface area contributed by atoms with E-state index in [1.54, 1.807) is 12.1 Å². The van der Waals surface area contributed by atoms with Crippen LogP contribution in [0.2, 0.25) is 0 Å². The van der Waals surface area contributed by atoms with Gasteiger partial charge in [-0.1, -0.05) is 43.7 Å². The quantitative estimate of drug-likeness (QED) is 0.263. The molecule has 0 radical (unpaired) electrons. The number of nitrogens with zero attached hydrogens (tertiary/aromatic N) is 3. The molecule has 3 aromatic carbocycles. The highest BCUT2D eigenvalue weighted by Crippen LogP contribution is 2.29. The van der Waals surface area contributed by atoms with Crippen LogP contribution in [0.4, 0.5) is 4.39 Å². The van der Waals surface area contributed by atoms with E-state index in [2.05, 4.69) is 34.6 Å². The topological polar surface area (TPSA) is 76.8 Å². The molecule has 0 atom stereocenters. The Kier molecular flexibility index (Phi) is 8.42. The Labute approximate surface area is 227 Å². The molecular weight excluding hydrogens is 497 g/mol. The molecule has 0 bridgehead atoms. The predicted octanol–water partition coefficient (Wildman–Crippen LogP) is 5.81. The molecule has 0 amide bonds. The van der Waals surface area contributed by atoms with Crippen LogP contribution >= 0.6 is 0 Å². The SMILES string of the molecule is CCc1cccc(Cn2c(CN3CCCCC3)nc3cc(F)ccc32)c1OCc1ccc(OCC(=O)O)cc1. The maximum absolute atomic E-state index is 14.1. The van der Waals surface area contributed by atoms with Crippen LogP contribution in [0, 0.1) is 5.82 Å². The first-order valence-corrected chi connectivity index (χ1v) is 13.5. The van der Waals surface area contributed by atoms with Crippen molar-refractivity contribution in [1.29, 1.82) is 0 Å². The van der Waals surface area contributed by atoms with Gasteiger partial charge in [-0.15, -0.1) is 0 Å². The van der Waals surface area contributed by atoms with Crippen LogP contribution in [-0.4, -0.2) is 45.2 Å². The Bertz CT molecular complexity index is 1430. The molecule has 204 valence electrons. The fourth-order valence-corrected chi connectivity index (χ4v) is 5.15. The third-order valence-corrected chi connectivity index (χ3v) is 7.16. The summed E-state index contributed by atoms with van der Waals surface area (Å²) in [5.74, 6) is 0.982. The number of piperidine rings is 1. The van der Waals surface area contributed by atoms with Gasteiger partial charge in [0.2, 0.25) is 0 Å². The van der Waals surface area contributed by atoms with E-state index in [4.69, 9.17) is 19.6 Å². The Balaban J connectivity index is 1.40. The molecule has 8 heteroatoms. The number of ether oxygens (including phenoxy) is 2. The summed E-state index contributed by atoms with van der Waals surface area (Å²) in [5, 5.41) is 8.81. The number of likely N-dealkylation sites (tertiary alicyclic amines) is 1. The molecule has 0 aliphatic carbocycles. The van der Waals surface area contributed by atoms with Crippen LogP contribution in [0.1, 0.15) is 48.7 Å². The minimum absolute atomic E-state index is 0.284. The van der Waals surface area contributed by atoms with E-state index >= 15 is 0 Å². The van der Waals surface area contributed by atoms with Gasteiger partial charge in [0, 0.05) is 11.6 Å². The zero-order valence-electron chi connectivity index (χ0n) is 22.2. The lowest BCUT2D eigenvalue weighted by atomic mass is 10.1. The number of imidazole rings is 1. The summed E-state index contributed by atoms with van der Waals surface area (Å²) in [6.07, 6.45) is 4.47. The first kappa shape index (κ1) is 26.7. The molecule has 1 aliphatic heterocycles. The molecule has 0 saturated carbocycles. The van der Waals surface area contributed by atoms with Gasteiger partial charge in [0.05, 0.1) is 24.1 Å². The van der Waals surface area contributed by atoms with Gasteiger partial charge in [-0.05, 0) is 67.7 Å². The van der Waals surface area contributed by atoms with E-state index in [0.717, 1.165) is 59.8 Å². The molecule has 2 heterocycles. The fourth-order valence-electron chi connectivity index (χ4n) is 5.15. The lowest BCUT2D eigenvalue weighted by Gasteiger charge is -2.26. The van der Waals surface area contributed by atoms with E-state index in [0.29, 0.717) is 24.4 Å². The van der Waals surface area contributed by atoms with Crippen molar-refractivity contribution in [2.24, 2.45) is 0 Å². The smallest absolute Gasteiger partial charge is 0.341 e. The molecule has 1 aliphatic rings. The average molecular weight is 532 g/mol. The molecule has 1 N–H and O–H groups in total. The number of hydrogen-bond donors (Lipinski definition) is 1. The number of rotatable bonds is 11. The monoisotopic (exact) mass is 531 g/mol. The molecule has 4 aromatic rings. The molecule has 1 aromatic heterocycles. The van der Waals surface area contributed by atoms with Gasteiger partial charge in [-0.25, -0.2) is 14.2 Å². The average Bonchev–Trinajstić information content (AvgIpc) is 3.27. The highest BCUT2D eigenvalue weighted by atomic mass is 19.1. The molecule has 39 heavy (non-hydrogen) atoms. The highest BCUT2D eigenvalue weighted by molar-refractivity contribution is 5.76. The second-order valence-electron chi connectivity index (χ2n) is 9.96. The number of carboxylic acid groups (broad SMARTS) is 1.